The van der Waals surface area contributed by atoms with Crippen molar-refractivity contribution >= 4 is 39.4 Å². The molecule has 0 radical (unpaired) electrons. The predicted molar refractivity (Wildman–Crippen MR) is 105 cm³/mol. The molecule has 0 bridgehead atoms. The normalized spacial score (nSPS) is 12.1. The molecule has 0 spiro atoms. The molecule has 1 amide bonds. The second kappa shape index (κ2) is 7.91. The molecule has 0 saturated carbocycles. The number of nitrogens with zero attached hydrogens (tertiary/aromatic N) is 2. The lowest BCUT2D eigenvalue weighted by Gasteiger charge is -2.17. The van der Waals surface area contributed by atoms with Crippen LogP contribution in [0, 0.1) is 6.92 Å². The number of carbonyl (C=O) groups is 1. The minimum absolute atomic E-state index is 0.0259. The number of anilines is 2. The predicted octanol–water partition coefficient (Wildman–Crippen LogP) is 3.41. The first-order valence-electron chi connectivity index (χ1n) is 8.19. The van der Waals surface area contributed by atoms with Crippen molar-refractivity contribution in [2.45, 2.75) is 26.9 Å². The molecule has 3 aromatic rings. The van der Waals surface area contributed by atoms with Crippen LogP contribution in [0.1, 0.15) is 23.1 Å². The van der Waals surface area contributed by atoms with E-state index in [9.17, 15) is 4.79 Å². The summed E-state index contributed by atoms with van der Waals surface area (Å²) in [5.74, 6) is -0.0259. The quantitative estimate of drug-likeness (QED) is 0.720. The number of nitrogens with one attached hydrogen (secondary N) is 1. The second-order valence-corrected chi connectivity index (χ2v) is 7.99. The maximum absolute atomic E-state index is 12.1. The van der Waals surface area contributed by atoms with Crippen LogP contribution in [-0.2, 0) is 17.9 Å². The summed E-state index contributed by atoms with van der Waals surface area (Å²) >= 11 is 3.33. The van der Waals surface area contributed by atoms with Gasteiger partial charge in [-0.05, 0) is 36.1 Å². The van der Waals surface area contributed by atoms with Gasteiger partial charge in [-0.25, -0.2) is 4.98 Å². The molecule has 1 atom stereocenters. The first-order chi connectivity index (χ1) is 12.0. The Labute approximate surface area is 156 Å². The molecule has 1 unspecified atom stereocenters. The average molecular weight is 373 g/mol. The lowest BCUT2D eigenvalue weighted by atomic mass is 10.3. The van der Waals surface area contributed by atoms with Gasteiger partial charge in [0.1, 0.15) is 18.8 Å². The van der Waals surface area contributed by atoms with Crippen molar-refractivity contribution < 1.29 is 9.69 Å². The van der Waals surface area contributed by atoms with Gasteiger partial charge in [-0.3, -0.25) is 9.69 Å². The van der Waals surface area contributed by atoms with Crippen molar-refractivity contribution in [1.29, 1.82) is 0 Å². The Morgan fingerprint density at radius 1 is 1.16 bits per heavy atom. The fourth-order valence-electron chi connectivity index (χ4n) is 2.72. The van der Waals surface area contributed by atoms with E-state index in [1.54, 1.807) is 11.8 Å². The Hall–Kier alpha value is -2.02. The Bertz CT molecular complexity index is 841. The van der Waals surface area contributed by atoms with Crippen LogP contribution in [0.25, 0.3) is 0 Å². The zero-order valence-corrected chi connectivity index (χ0v) is 16.3. The summed E-state index contributed by atoms with van der Waals surface area (Å²) < 4.78 is 0. The maximum atomic E-state index is 12.1. The minimum Gasteiger partial charge on any atom is -0.328 e. The number of thiazole rings is 1. The molecule has 0 saturated heterocycles. The van der Waals surface area contributed by atoms with Crippen molar-refractivity contribution in [3.05, 3.63) is 63.3 Å². The highest BCUT2D eigenvalue weighted by Gasteiger charge is 2.19. The highest BCUT2D eigenvalue weighted by Crippen LogP contribution is 2.28. The smallest absolute Gasteiger partial charge is 0.230 e. The maximum Gasteiger partial charge on any atom is 0.230 e. The molecule has 1 N–H and O–H groups in total. The van der Waals surface area contributed by atoms with Gasteiger partial charge < -0.3 is 4.90 Å². The van der Waals surface area contributed by atoms with Crippen molar-refractivity contribution in [2.24, 2.45) is 0 Å². The molecular formula is C19H22N3OS2+. The topological polar surface area (TPSA) is 37.6 Å². The number of hydrogen-bond donors (Lipinski definition) is 1. The lowest BCUT2D eigenvalue weighted by Crippen LogP contribution is -3.06. The largest absolute Gasteiger partial charge is 0.328 e. The van der Waals surface area contributed by atoms with Crippen LogP contribution in [-0.4, -0.2) is 17.9 Å². The number of thiophene rings is 1. The molecule has 0 aliphatic carbocycles. The van der Waals surface area contributed by atoms with Gasteiger partial charge in [0.15, 0.2) is 5.13 Å². The van der Waals surface area contributed by atoms with E-state index < -0.39 is 0 Å². The zero-order valence-electron chi connectivity index (χ0n) is 14.7. The van der Waals surface area contributed by atoms with Gasteiger partial charge in [0.05, 0.1) is 17.6 Å². The van der Waals surface area contributed by atoms with Gasteiger partial charge in [0.25, 0.3) is 0 Å². The number of amides is 1. The first kappa shape index (κ1) is 17.8. The van der Waals surface area contributed by atoms with Gasteiger partial charge in [-0.15, -0.1) is 22.7 Å². The van der Waals surface area contributed by atoms with Crippen LogP contribution in [0.3, 0.4) is 0 Å². The van der Waals surface area contributed by atoms with Crippen LogP contribution >= 0.6 is 22.7 Å². The third-order valence-corrected chi connectivity index (χ3v) is 5.87. The summed E-state index contributed by atoms with van der Waals surface area (Å²) in [7, 11) is 2.18. The van der Waals surface area contributed by atoms with Crippen LogP contribution in [0.4, 0.5) is 10.8 Å². The number of rotatable bonds is 6. The number of aromatic nitrogens is 1. The van der Waals surface area contributed by atoms with Crippen LogP contribution in [0.15, 0.2) is 47.2 Å². The van der Waals surface area contributed by atoms with Crippen molar-refractivity contribution in [1.82, 2.24) is 4.98 Å². The summed E-state index contributed by atoms with van der Waals surface area (Å²) in [6.07, 6.45) is 0. The van der Waals surface area contributed by atoms with Gasteiger partial charge in [0, 0.05) is 12.3 Å². The van der Waals surface area contributed by atoms with Gasteiger partial charge in [0.2, 0.25) is 5.91 Å². The van der Waals surface area contributed by atoms with E-state index in [0.717, 1.165) is 29.6 Å². The number of hydrogen-bond acceptors (Lipinski definition) is 4. The van der Waals surface area contributed by atoms with Crippen LogP contribution in [0.5, 0.6) is 0 Å². The summed E-state index contributed by atoms with van der Waals surface area (Å²) in [5, 5.41) is 4.93. The average Bonchev–Trinajstić information content (AvgIpc) is 3.18. The number of aryl methyl sites for hydroxylation is 1. The Morgan fingerprint density at radius 2 is 1.92 bits per heavy atom. The fourth-order valence-corrected chi connectivity index (χ4v) is 4.62. The molecule has 0 aliphatic rings. The molecule has 0 fully saturated rings. The van der Waals surface area contributed by atoms with E-state index in [4.69, 9.17) is 4.98 Å². The van der Waals surface area contributed by atoms with Crippen molar-refractivity contribution in [2.75, 3.05) is 11.9 Å². The molecule has 0 aliphatic heterocycles. The van der Waals surface area contributed by atoms with Crippen molar-refractivity contribution in [3.8, 4) is 0 Å². The van der Waals surface area contributed by atoms with E-state index in [1.807, 2.05) is 41.7 Å². The lowest BCUT2D eigenvalue weighted by molar-refractivity contribution is -0.907. The third kappa shape index (κ3) is 4.34. The Balaban J connectivity index is 1.72. The van der Waals surface area contributed by atoms with E-state index in [0.29, 0.717) is 0 Å². The standard InChI is InChI=1S/C19H21N3OS2/c1-14-9-10-24-18(14)12-21(3)11-16-13-25-19(20-16)22(15(2)23)17-7-5-4-6-8-17/h4-10,13H,11-12H2,1-3H3/p+1. The number of benzene rings is 1. The van der Waals surface area contributed by atoms with Gasteiger partial charge in [-0.2, -0.15) is 0 Å². The fraction of sp³-hybridized carbons (Fsp3) is 0.263. The summed E-state index contributed by atoms with van der Waals surface area (Å²) in [4.78, 5) is 21.3. The van der Waals surface area contributed by atoms with Crippen molar-refractivity contribution in [3.63, 3.8) is 0 Å². The number of quaternary nitrogens is 1. The summed E-state index contributed by atoms with van der Waals surface area (Å²) in [5.41, 5.74) is 3.23. The monoisotopic (exact) mass is 372 g/mol. The molecular weight excluding hydrogens is 350 g/mol. The number of carbonyl (C=O) groups excluding carboxylic acids is 1. The Morgan fingerprint density at radius 3 is 2.56 bits per heavy atom. The second-order valence-electron chi connectivity index (χ2n) is 6.15. The molecule has 3 rings (SSSR count). The van der Waals surface area contributed by atoms with E-state index in [2.05, 4.69) is 30.8 Å². The molecule has 130 valence electrons. The van der Waals surface area contributed by atoms with Gasteiger partial charge >= 0.3 is 0 Å². The highest BCUT2D eigenvalue weighted by molar-refractivity contribution is 7.14. The van der Waals surface area contributed by atoms with Gasteiger partial charge in [-0.1, -0.05) is 18.2 Å². The first-order valence-corrected chi connectivity index (χ1v) is 9.95. The SMILES string of the molecule is CC(=O)N(c1ccccc1)c1nc(C[NH+](C)Cc2sccc2C)cs1. The number of para-hydroxylation sites is 1. The van der Waals surface area contributed by atoms with Crippen LogP contribution in [0.2, 0.25) is 0 Å². The molecule has 4 nitrogen and oxygen atoms in total. The minimum atomic E-state index is -0.0259. The third-order valence-electron chi connectivity index (χ3n) is 3.97. The molecule has 6 heteroatoms. The van der Waals surface area contributed by atoms with E-state index in [-0.39, 0.29) is 5.91 Å². The highest BCUT2D eigenvalue weighted by atomic mass is 32.1. The molecule has 1 aromatic carbocycles. The molecule has 2 heterocycles. The van der Waals surface area contributed by atoms with E-state index in [1.165, 1.54) is 26.7 Å². The van der Waals surface area contributed by atoms with E-state index >= 15 is 0 Å². The summed E-state index contributed by atoms with van der Waals surface area (Å²) in [6, 6.07) is 11.8. The van der Waals surface area contributed by atoms with Crippen LogP contribution < -0.4 is 9.80 Å². The molecule has 2 aromatic heterocycles. The Kier molecular flexibility index (Phi) is 5.63. The summed E-state index contributed by atoms with van der Waals surface area (Å²) in [6.45, 7) is 5.56. The zero-order chi connectivity index (χ0) is 17.8. The molecule has 25 heavy (non-hydrogen) atoms.